The summed E-state index contributed by atoms with van der Waals surface area (Å²) in [6.45, 7) is 8.64. The summed E-state index contributed by atoms with van der Waals surface area (Å²) in [7, 11) is 0. The molecule has 4 nitrogen and oxygen atoms in total. The van der Waals surface area contributed by atoms with Crippen LogP contribution < -0.4 is 0 Å². The maximum absolute atomic E-state index is 11.5. The first kappa shape index (κ1) is 35.1. The van der Waals surface area contributed by atoms with Gasteiger partial charge in [-0.2, -0.15) is 0 Å². The van der Waals surface area contributed by atoms with Crippen molar-refractivity contribution in [2.24, 2.45) is 0 Å². The molecule has 1 unspecified atom stereocenters. The van der Waals surface area contributed by atoms with Gasteiger partial charge in [0.15, 0.2) is 0 Å². The highest BCUT2D eigenvalue weighted by Gasteiger charge is 2.08. The molecule has 34 heavy (non-hydrogen) atoms. The van der Waals surface area contributed by atoms with Gasteiger partial charge in [0.1, 0.15) is 0 Å². The van der Waals surface area contributed by atoms with E-state index < -0.39 is 5.97 Å². The number of carbonyl (C=O) groups is 2. The van der Waals surface area contributed by atoms with Crippen LogP contribution in [0.1, 0.15) is 175 Å². The standard InChI is InChI=1S/C16H32O2.C14H28O2/c1-4-6-8-9-10-11-12-14-16(17)18-15(3)13-7-5-2;1-2-3-4-5-6-7-8-9-10-11-12-13-14(15)16/h15H,4-14H2,1-3H3;2-13H2,1H3,(H,15,16). The van der Waals surface area contributed by atoms with Crippen LogP contribution in [-0.2, 0) is 14.3 Å². The van der Waals surface area contributed by atoms with E-state index in [0.717, 1.165) is 32.1 Å². The number of unbranched alkanes of at least 4 members (excludes halogenated alkanes) is 17. The zero-order chi connectivity index (χ0) is 25.7. The van der Waals surface area contributed by atoms with Crippen LogP contribution in [0, 0.1) is 0 Å². The highest BCUT2D eigenvalue weighted by atomic mass is 16.5. The van der Waals surface area contributed by atoms with Gasteiger partial charge in [0.25, 0.3) is 0 Å². The highest BCUT2D eigenvalue weighted by Crippen LogP contribution is 2.12. The first-order chi connectivity index (χ1) is 16.5. The second-order valence-electron chi connectivity index (χ2n) is 9.99. The largest absolute Gasteiger partial charge is 0.481 e. The van der Waals surface area contributed by atoms with E-state index in [-0.39, 0.29) is 12.1 Å². The normalized spacial score (nSPS) is 11.5. The predicted octanol–water partition coefficient (Wildman–Crippen LogP) is 10.0. The second-order valence-corrected chi connectivity index (χ2v) is 9.99. The molecule has 0 radical (unpaired) electrons. The Hall–Kier alpha value is -1.06. The van der Waals surface area contributed by atoms with Crippen LogP contribution >= 0.6 is 0 Å². The van der Waals surface area contributed by atoms with Crippen molar-refractivity contribution < 1.29 is 19.4 Å². The summed E-state index contributed by atoms with van der Waals surface area (Å²) in [5.74, 6) is -0.664. The van der Waals surface area contributed by atoms with Crippen molar-refractivity contribution in [1.82, 2.24) is 0 Å². The fourth-order valence-electron chi connectivity index (χ4n) is 4.00. The van der Waals surface area contributed by atoms with E-state index in [1.54, 1.807) is 0 Å². The minimum absolute atomic E-state index is 0.00726. The molecule has 0 fully saturated rings. The van der Waals surface area contributed by atoms with Crippen molar-refractivity contribution in [3.63, 3.8) is 0 Å². The molecule has 0 aliphatic heterocycles. The first-order valence-electron chi connectivity index (χ1n) is 14.9. The maximum Gasteiger partial charge on any atom is 0.306 e. The average molecular weight is 485 g/mol. The van der Waals surface area contributed by atoms with Crippen molar-refractivity contribution in [3.05, 3.63) is 0 Å². The Morgan fingerprint density at radius 2 is 0.912 bits per heavy atom. The molecule has 0 amide bonds. The van der Waals surface area contributed by atoms with Gasteiger partial charge in [-0.05, 0) is 26.2 Å². The van der Waals surface area contributed by atoms with Crippen LogP contribution in [0.4, 0.5) is 0 Å². The minimum Gasteiger partial charge on any atom is -0.481 e. The fraction of sp³-hybridized carbons (Fsp3) is 0.933. The van der Waals surface area contributed by atoms with Gasteiger partial charge in [0.05, 0.1) is 6.10 Å². The fourth-order valence-corrected chi connectivity index (χ4v) is 4.00. The van der Waals surface area contributed by atoms with E-state index in [1.807, 2.05) is 6.92 Å². The van der Waals surface area contributed by atoms with Crippen LogP contribution in [0.25, 0.3) is 0 Å². The van der Waals surface area contributed by atoms with Crippen LogP contribution in [0.2, 0.25) is 0 Å². The molecular formula is C30H60O4. The minimum atomic E-state index is -0.657. The number of ether oxygens (including phenoxy) is 1. The molecule has 0 rings (SSSR count). The Morgan fingerprint density at radius 1 is 0.559 bits per heavy atom. The summed E-state index contributed by atoms with van der Waals surface area (Å²) in [5.41, 5.74) is 0. The zero-order valence-corrected chi connectivity index (χ0v) is 23.5. The van der Waals surface area contributed by atoms with E-state index in [4.69, 9.17) is 9.84 Å². The van der Waals surface area contributed by atoms with E-state index in [2.05, 4.69) is 20.8 Å². The van der Waals surface area contributed by atoms with Crippen molar-refractivity contribution in [2.45, 2.75) is 181 Å². The first-order valence-corrected chi connectivity index (χ1v) is 14.9. The number of aliphatic carboxylic acids is 1. The number of carboxylic acids is 1. The molecule has 0 saturated heterocycles. The number of esters is 1. The Balaban J connectivity index is 0. The Morgan fingerprint density at radius 3 is 1.29 bits per heavy atom. The number of carbonyl (C=O) groups excluding carboxylic acids is 1. The molecule has 1 atom stereocenters. The SMILES string of the molecule is CCCCCCCCCC(=O)OC(C)CCCC.CCCCCCCCCCCCCC(=O)O. The van der Waals surface area contributed by atoms with Gasteiger partial charge in [-0.1, -0.05) is 136 Å². The Kier molecular flexibility index (Phi) is 30.9. The zero-order valence-electron chi connectivity index (χ0n) is 23.5. The number of rotatable bonds is 24. The maximum atomic E-state index is 11.5. The van der Waals surface area contributed by atoms with Gasteiger partial charge in [0.2, 0.25) is 0 Å². The molecular weight excluding hydrogens is 424 g/mol. The van der Waals surface area contributed by atoms with Crippen LogP contribution in [-0.4, -0.2) is 23.1 Å². The molecule has 0 saturated carbocycles. The Bertz CT molecular complexity index is 422. The number of hydrogen-bond acceptors (Lipinski definition) is 3. The third-order valence-electron chi connectivity index (χ3n) is 6.28. The van der Waals surface area contributed by atoms with E-state index in [9.17, 15) is 9.59 Å². The summed E-state index contributed by atoms with van der Waals surface area (Å²) >= 11 is 0. The van der Waals surface area contributed by atoms with Gasteiger partial charge in [0, 0.05) is 12.8 Å². The number of hydrogen-bond donors (Lipinski definition) is 1. The van der Waals surface area contributed by atoms with E-state index in [0.29, 0.717) is 12.8 Å². The third-order valence-corrected chi connectivity index (χ3v) is 6.28. The van der Waals surface area contributed by atoms with Gasteiger partial charge in [-0.15, -0.1) is 0 Å². The molecule has 0 aromatic carbocycles. The van der Waals surface area contributed by atoms with Crippen LogP contribution in [0.3, 0.4) is 0 Å². The summed E-state index contributed by atoms with van der Waals surface area (Å²) in [4.78, 5) is 21.8. The molecule has 4 heteroatoms. The van der Waals surface area contributed by atoms with Gasteiger partial charge in [-0.25, -0.2) is 0 Å². The Labute approximate surface area is 213 Å². The molecule has 0 spiro atoms. The van der Waals surface area contributed by atoms with Gasteiger partial charge in [-0.3, -0.25) is 9.59 Å². The van der Waals surface area contributed by atoms with Crippen LogP contribution in [0.5, 0.6) is 0 Å². The molecule has 0 aromatic rings. The monoisotopic (exact) mass is 484 g/mol. The van der Waals surface area contributed by atoms with Crippen molar-refractivity contribution in [3.8, 4) is 0 Å². The van der Waals surface area contributed by atoms with Gasteiger partial charge >= 0.3 is 11.9 Å². The lowest BCUT2D eigenvalue weighted by molar-refractivity contribution is -0.148. The molecule has 0 aliphatic rings. The molecule has 0 bridgehead atoms. The molecule has 1 N–H and O–H groups in total. The summed E-state index contributed by atoms with van der Waals surface area (Å²) in [5, 5.41) is 8.46. The van der Waals surface area contributed by atoms with E-state index in [1.165, 1.54) is 103 Å². The summed E-state index contributed by atoms with van der Waals surface area (Å²) in [6, 6.07) is 0. The lowest BCUT2D eigenvalue weighted by atomic mass is 10.1. The average Bonchev–Trinajstić information content (AvgIpc) is 2.81. The quantitative estimate of drug-likeness (QED) is 0.109. The smallest absolute Gasteiger partial charge is 0.306 e. The van der Waals surface area contributed by atoms with Gasteiger partial charge < -0.3 is 9.84 Å². The lowest BCUT2D eigenvalue weighted by Gasteiger charge is -2.12. The van der Waals surface area contributed by atoms with E-state index >= 15 is 0 Å². The topological polar surface area (TPSA) is 63.6 Å². The number of carboxylic acid groups (broad SMARTS) is 1. The third kappa shape index (κ3) is 33.1. The van der Waals surface area contributed by atoms with Crippen molar-refractivity contribution in [2.75, 3.05) is 0 Å². The van der Waals surface area contributed by atoms with Crippen molar-refractivity contribution >= 4 is 11.9 Å². The van der Waals surface area contributed by atoms with Crippen molar-refractivity contribution in [1.29, 1.82) is 0 Å². The second kappa shape index (κ2) is 30.0. The van der Waals surface area contributed by atoms with Crippen LogP contribution in [0.15, 0.2) is 0 Å². The highest BCUT2D eigenvalue weighted by molar-refractivity contribution is 5.69. The summed E-state index contributed by atoms with van der Waals surface area (Å²) in [6.07, 6.45) is 27.1. The molecule has 204 valence electrons. The molecule has 0 aromatic heterocycles. The predicted molar refractivity (Wildman–Crippen MR) is 146 cm³/mol. The molecule has 0 aliphatic carbocycles. The lowest BCUT2D eigenvalue weighted by Crippen LogP contribution is -2.14. The summed E-state index contributed by atoms with van der Waals surface area (Å²) < 4.78 is 5.36. The molecule has 0 heterocycles.